The Morgan fingerprint density at radius 1 is 0.467 bits per heavy atom. The number of quaternary nitrogens is 1. The van der Waals surface area contributed by atoms with Gasteiger partial charge >= 0.3 is 13.8 Å². The highest BCUT2D eigenvalue weighted by Gasteiger charge is 2.30. The van der Waals surface area contributed by atoms with Gasteiger partial charge in [0.25, 0.3) is 0 Å². The number of nitrogens with one attached hydrogen (secondary N) is 1. The lowest BCUT2D eigenvalue weighted by atomic mass is 10.0. The Kier molecular flexibility index (Phi) is 53.8. The second-order valence-corrected chi connectivity index (χ2v) is 24.4. The van der Waals surface area contributed by atoms with Gasteiger partial charge in [0.1, 0.15) is 19.3 Å². The van der Waals surface area contributed by atoms with Crippen molar-refractivity contribution in [1.82, 2.24) is 5.32 Å². The molecule has 0 saturated carbocycles. The van der Waals surface area contributed by atoms with Crippen LogP contribution in [0.2, 0.25) is 0 Å². The number of allylic oxidation sites excluding steroid dienone is 7. The van der Waals surface area contributed by atoms with E-state index >= 15 is 0 Å². The van der Waals surface area contributed by atoms with Gasteiger partial charge in [-0.1, -0.05) is 269 Å². The first-order chi connectivity index (χ1) is 36.4. The zero-order chi connectivity index (χ0) is 55.0. The summed E-state index contributed by atoms with van der Waals surface area (Å²) in [5, 5.41) is 3.05. The van der Waals surface area contributed by atoms with Crippen LogP contribution in [0.25, 0.3) is 0 Å². The SMILES string of the molecule is CCCCC/C=C\C/C=C\C/C=C\CCCCCCCCCCCCCCCCC(=O)OC(/C=C\CCCCCCCCCCC)C(COP(=O)(O)OCC[N+](C)(C)C)NC(=O)CCCCCCCCCCCCC. The summed E-state index contributed by atoms with van der Waals surface area (Å²) < 4.78 is 30.6. The molecule has 3 unspecified atom stereocenters. The van der Waals surface area contributed by atoms with Gasteiger partial charge in [0.2, 0.25) is 5.91 Å². The Balaban J connectivity index is 4.95. The highest BCUT2D eigenvalue weighted by atomic mass is 31.2. The average molecular weight is 1080 g/mol. The van der Waals surface area contributed by atoms with E-state index in [-0.39, 0.29) is 25.1 Å². The lowest BCUT2D eigenvalue weighted by Crippen LogP contribution is -2.47. The monoisotopic (exact) mass is 1080 g/mol. The van der Waals surface area contributed by atoms with Crippen molar-refractivity contribution < 1.29 is 37.3 Å². The van der Waals surface area contributed by atoms with E-state index in [0.29, 0.717) is 23.9 Å². The number of phosphoric acid groups is 1. The van der Waals surface area contributed by atoms with Crippen molar-refractivity contribution in [2.45, 2.75) is 315 Å². The highest BCUT2D eigenvalue weighted by Crippen LogP contribution is 2.43. The Morgan fingerprint density at radius 2 is 0.813 bits per heavy atom. The zero-order valence-electron chi connectivity index (χ0n) is 50.3. The lowest BCUT2D eigenvalue weighted by Gasteiger charge is -2.27. The minimum Gasteiger partial charge on any atom is -0.456 e. The molecule has 0 aliphatic carbocycles. The van der Waals surface area contributed by atoms with Crippen LogP contribution in [0.1, 0.15) is 303 Å². The van der Waals surface area contributed by atoms with Crippen LogP contribution in [0.5, 0.6) is 0 Å². The van der Waals surface area contributed by atoms with Crippen LogP contribution >= 0.6 is 7.82 Å². The van der Waals surface area contributed by atoms with Gasteiger partial charge in [-0.2, -0.15) is 0 Å². The second-order valence-electron chi connectivity index (χ2n) is 22.9. The normalized spacial score (nSPS) is 14.0. The number of nitrogens with zero attached hydrogens (tertiary/aromatic N) is 1. The zero-order valence-corrected chi connectivity index (χ0v) is 51.2. The first kappa shape index (κ1) is 73.0. The van der Waals surface area contributed by atoms with Crippen LogP contribution in [-0.4, -0.2) is 74.3 Å². The predicted molar refractivity (Wildman–Crippen MR) is 323 cm³/mol. The molecule has 0 heterocycles. The molecular formula is C65H124N2O7P+. The summed E-state index contributed by atoms with van der Waals surface area (Å²) in [7, 11) is 1.50. The number of carbonyl (C=O) groups excluding carboxylic acids is 2. The van der Waals surface area contributed by atoms with Gasteiger partial charge in [-0.05, 0) is 70.3 Å². The molecule has 9 nitrogen and oxygen atoms in total. The molecule has 75 heavy (non-hydrogen) atoms. The van der Waals surface area contributed by atoms with Gasteiger partial charge in [0.05, 0.1) is 33.8 Å². The molecule has 0 aliphatic rings. The molecule has 2 N–H and O–H groups in total. The second kappa shape index (κ2) is 55.3. The fourth-order valence-electron chi connectivity index (χ4n) is 9.30. The molecule has 0 saturated heterocycles. The number of phosphoric ester groups is 1. The third-order valence-electron chi connectivity index (χ3n) is 14.3. The van der Waals surface area contributed by atoms with E-state index < -0.39 is 20.0 Å². The Hall–Kier alpha value is -2.03. The topological polar surface area (TPSA) is 111 Å². The van der Waals surface area contributed by atoms with E-state index in [9.17, 15) is 19.0 Å². The standard InChI is InChI=1S/C65H123N2O7P/c1-7-10-13-16-19-22-25-26-27-28-29-30-31-32-33-34-35-36-37-38-39-40-43-46-49-52-55-58-65(69)74-63(56-53-50-47-44-41-23-20-17-14-11-8-2)62(61-73-75(70,71)72-60-59-67(4,5)6)66-64(68)57-54-51-48-45-42-24-21-18-15-12-9-3/h19,22,26-27,29-30,53,56,62-63H,7-18,20-21,23-25,28,31-52,54-55,57-61H2,1-6H3,(H-,66,68,70,71)/p+1/b22-19-,27-26-,30-29-,56-53-. The van der Waals surface area contributed by atoms with Crippen molar-refractivity contribution in [3.63, 3.8) is 0 Å². The molecule has 1 amide bonds. The quantitative estimate of drug-likeness (QED) is 0.0205. The number of unbranched alkanes of at least 4 members (excludes halogenated alkanes) is 36. The summed E-state index contributed by atoms with van der Waals surface area (Å²) in [6, 6.07) is -0.843. The minimum atomic E-state index is -4.44. The Labute approximate surface area is 465 Å². The average Bonchev–Trinajstić information content (AvgIpc) is 3.37. The van der Waals surface area contributed by atoms with E-state index in [0.717, 1.165) is 70.6 Å². The van der Waals surface area contributed by atoms with Crippen molar-refractivity contribution >= 4 is 19.7 Å². The summed E-state index contributed by atoms with van der Waals surface area (Å²) in [6.45, 7) is 6.99. The van der Waals surface area contributed by atoms with Crippen molar-refractivity contribution in [3.8, 4) is 0 Å². The number of esters is 1. The van der Waals surface area contributed by atoms with Crippen molar-refractivity contribution in [2.24, 2.45) is 0 Å². The molecular weight excluding hydrogens is 952 g/mol. The molecule has 0 aromatic rings. The number of rotatable bonds is 58. The van der Waals surface area contributed by atoms with Crippen LogP contribution in [0.3, 0.4) is 0 Å². The number of carbonyl (C=O) groups is 2. The molecule has 0 fully saturated rings. The third-order valence-corrected chi connectivity index (χ3v) is 15.3. The highest BCUT2D eigenvalue weighted by molar-refractivity contribution is 7.47. The molecule has 0 spiro atoms. The van der Waals surface area contributed by atoms with Crippen molar-refractivity contribution in [1.29, 1.82) is 0 Å². The van der Waals surface area contributed by atoms with E-state index in [1.54, 1.807) is 0 Å². The maximum Gasteiger partial charge on any atom is 0.472 e. The molecule has 10 heteroatoms. The Morgan fingerprint density at radius 3 is 1.24 bits per heavy atom. The fourth-order valence-corrected chi connectivity index (χ4v) is 10.0. The fraction of sp³-hybridized carbons (Fsp3) is 0.846. The molecule has 0 bridgehead atoms. The number of amides is 1. The smallest absolute Gasteiger partial charge is 0.456 e. The maximum absolute atomic E-state index is 13.5. The van der Waals surface area contributed by atoms with E-state index in [4.69, 9.17) is 13.8 Å². The van der Waals surface area contributed by atoms with Gasteiger partial charge in [-0.3, -0.25) is 18.6 Å². The van der Waals surface area contributed by atoms with Crippen molar-refractivity contribution in [3.05, 3.63) is 48.6 Å². The molecule has 3 atom stereocenters. The molecule has 440 valence electrons. The largest absolute Gasteiger partial charge is 0.472 e. The van der Waals surface area contributed by atoms with Gasteiger partial charge in [-0.25, -0.2) is 4.57 Å². The first-order valence-corrected chi connectivity index (χ1v) is 33.5. The number of hydrogen-bond acceptors (Lipinski definition) is 6. The van der Waals surface area contributed by atoms with Crippen LogP contribution < -0.4 is 5.32 Å². The third kappa shape index (κ3) is 56.5. The predicted octanol–water partition coefficient (Wildman–Crippen LogP) is 19.7. The lowest BCUT2D eigenvalue weighted by molar-refractivity contribution is -0.870. The van der Waals surface area contributed by atoms with Gasteiger partial charge in [0.15, 0.2) is 0 Å². The summed E-state index contributed by atoms with van der Waals surface area (Å²) in [5.41, 5.74) is 0. The molecule has 0 aliphatic heterocycles. The molecule has 0 rings (SSSR count). The van der Waals surface area contributed by atoms with E-state index in [1.165, 1.54) is 199 Å². The molecule has 0 radical (unpaired) electrons. The summed E-state index contributed by atoms with van der Waals surface area (Å²) in [4.78, 5) is 37.6. The first-order valence-electron chi connectivity index (χ1n) is 32.0. The van der Waals surface area contributed by atoms with Crippen LogP contribution in [0.15, 0.2) is 48.6 Å². The Bertz CT molecular complexity index is 1420. The number of likely N-dealkylation sites (N-methyl/N-ethyl adjacent to an activating group) is 1. The van der Waals surface area contributed by atoms with Crippen LogP contribution in [-0.2, 0) is 27.9 Å². The van der Waals surface area contributed by atoms with Gasteiger partial charge < -0.3 is 19.4 Å². The van der Waals surface area contributed by atoms with Gasteiger partial charge in [-0.15, -0.1) is 0 Å². The van der Waals surface area contributed by atoms with Crippen molar-refractivity contribution in [2.75, 3.05) is 40.9 Å². The molecule has 0 aromatic carbocycles. The number of ether oxygens (including phenoxy) is 1. The summed E-state index contributed by atoms with van der Waals surface area (Å²) >= 11 is 0. The van der Waals surface area contributed by atoms with Crippen LogP contribution in [0, 0.1) is 0 Å². The number of hydrogen-bond donors (Lipinski definition) is 2. The summed E-state index contributed by atoms with van der Waals surface area (Å²) in [6.07, 6.45) is 68.3. The minimum absolute atomic E-state index is 0.0420. The molecule has 0 aromatic heterocycles. The van der Waals surface area contributed by atoms with E-state index in [2.05, 4.69) is 62.5 Å². The maximum atomic E-state index is 13.5. The summed E-state index contributed by atoms with van der Waals surface area (Å²) in [5.74, 6) is -0.497. The van der Waals surface area contributed by atoms with Crippen LogP contribution in [0.4, 0.5) is 0 Å². The van der Waals surface area contributed by atoms with E-state index in [1.807, 2.05) is 33.3 Å². The van der Waals surface area contributed by atoms with Gasteiger partial charge in [0, 0.05) is 12.8 Å².